The van der Waals surface area contributed by atoms with Gasteiger partial charge in [0, 0.05) is 31.5 Å². The molecule has 3 heterocycles. The average Bonchev–Trinajstić information content (AvgIpc) is 3.10. The largest absolute Gasteiger partial charge is 0.350 e. The van der Waals surface area contributed by atoms with E-state index in [9.17, 15) is 13.2 Å². The van der Waals surface area contributed by atoms with Crippen LogP contribution in [0, 0.1) is 0 Å². The fourth-order valence-corrected chi connectivity index (χ4v) is 4.52. The molecule has 0 aromatic carbocycles. The molecule has 1 amide bonds. The summed E-state index contributed by atoms with van der Waals surface area (Å²) in [6.45, 7) is 2.39. The highest BCUT2D eigenvalue weighted by atomic mass is 35.5. The molecule has 25 heavy (non-hydrogen) atoms. The Morgan fingerprint density at radius 1 is 1.36 bits per heavy atom. The van der Waals surface area contributed by atoms with Crippen LogP contribution in [0.3, 0.4) is 0 Å². The second-order valence-corrected chi connectivity index (χ2v) is 8.65. The van der Waals surface area contributed by atoms with Crippen LogP contribution in [0.5, 0.6) is 0 Å². The lowest BCUT2D eigenvalue weighted by Crippen LogP contribution is -2.58. The van der Waals surface area contributed by atoms with Crippen molar-refractivity contribution in [2.24, 2.45) is 0 Å². The molecule has 8 nitrogen and oxygen atoms in total. The average molecular weight is 392 g/mol. The van der Waals surface area contributed by atoms with Crippen LogP contribution in [0.25, 0.3) is 0 Å². The zero-order valence-corrected chi connectivity index (χ0v) is 16.0. The smallest absolute Gasteiger partial charge is 0.248 e. The van der Waals surface area contributed by atoms with Gasteiger partial charge in [0.1, 0.15) is 5.54 Å². The number of piperidine rings is 2. The maximum Gasteiger partial charge on any atom is 0.248 e. The highest BCUT2D eigenvalue weighted by Crippen LogP contribution is 2.28. The van der Waals surface area contributed by atoms with E-state index in [1.807, 2.05) is 12.3 Å². The van der Waals surface area contributed by atoms with Gasteiger partial charge in [-0.3, -0.25) is 9.48 Å². The first-order valence-electron chi connectivity index (χ1n) is 8.39. The van der Waals surface area contributed by atoms with Crippen LogP contribution in [0.1, 0.15) is 25.7 Å². The van der Waals surface area contributed by atoms with E-state index in [0.717, 1.165) is 25.9 Å². The van der Waals surface area contributed by atoms with Crippen molar-refractivity contribution in [3.8, 4) is 0 Å². The van der Waals surface area contributed by atoms with Crippen molar-refractivity contribution in [3.63, 3.8) is 0 Å². The molecule has 2 aliphatic heterocycles. The first-order valence-corrected chi connectivity index (χ1v) is 10.2. The van der Waals surface area contributed by atoms with Crippen LogP contribution < -0.4 is 10.6 Å². The number of hydrogen-bond donors (Lipinski definition) is 2. The Labute approximate surface area is 154 Å². The van der Waals surface area contributed by atoms with Gasteiger partial charge in [-0.05, 0) is 44.8 Å². The van der Waals surface area contributed by atoms with Gasteiger partial charge in [0.05, 0.1) is 6.26 Å². The van der Waals surface area contributed by atoms with Gasteiger partial charge >= 0.3 is 0 Å². The van der Waals surface area contributed by atoms with Gasteiger partial charge < -0.3 is 10.6 Å². The number of rotatable bonds is 4. The summed E-state index contributed by atoms with van der Waals surface area (Å²) in [7, 11) is -3.22. The van der Waals surface area contributed by atoms with E-state index in [2.05, 4.69) is 15.7 Å². The number of halogens is 1. The minimum absolute atomic E-state index is 0. The summed E-state index contributed by atoms with van der Waals surface area (Å²) in [4.78, 5) is 13.1. The zero-order chi connectivity index (χ0) is 17.2. The lowest BCUT2D eigenvalue weighted by Gasteiger charge is -2.39. The number of nitrogens with zero attached hydrogens (tertiary/aromatic N) is 3. The number of aromatic nitrogens is 2. The third-order valence-electron chi connectivity index (χ3n) is 4.98. The van der Waals surface area contributed by atoms with Crippen molar-refractivity contribution in [1.82, 2.24) is 24.7 Å². The summed E-state index contributed by atoms with van der Waals surface area (Å²) in [5.74, 6) is -0.0620. The summed E-state index contributed by atoms with van der Waals surface area (Å²) in [5.41, 5.74) is -0.692. The van der Waals surface area contributed by atoms with E-state index in [4.69, 9.17) is 0 Å². The van der Waals surface area contributed by atoms with E-state index < -0.39 is 15.6 Å². The molecule has 2 fully saturated rings. The summed E-state index contributed by atoms with van der Waals surface area (Å²) in [6.07, 6.45) is 7.62. The van der Waals surface area contributed by atoms with Gasteiger partial charge in [-0.15, -0.1) is 12.4 Å². The Bertz CT molecular complexity index is 673. The van der Waals surface area contributed by atoms with Gasteiger partial charge in [0.25, 0.3) is 0 Å². The molecule has 0 spiro atoms. The normalized spacial score (nSPS) is 24.3. The van der Waals surface area contributed by atoms with E-state index in [1.165, 1.54) is 10.6 Å². The van der Waals surface area contributed by atoms with Crippen LogP contribution in [-0.2, 0) is 20.4 Å². The molecule has 2 saturated heterocycles. The highest BCUT2D eigenvalue weighted by Gasteiger charge is 2.43. The first kappa shape index (κ1) is 20.2. The monoisotopic (exact) mass is 391 g/mol. The topological polar surface area (TPSA) is 96.3 Å². The predicted molar refractivity (Wildman–Crippen MR) is 97.1 cm³/mol. The second kappa shape index (κ2) is 8.03. The van der Waals surface area contributed by atoms with E-state index in [0.29, 0.717) is 25.9 Å². The molecule has 1 unspecified atom stereocenters. The van der Waals surface area contributed by atoms with Crippen molar-refractivity contribution in [2.45, 2.75) is 37.3 Å². The fourth-order valence-electron chi connectivity index (χ4n) is 3.60. The molecule has 2 N–H and O–H groups in total. The molecule has 0 saturated carbocycles. The Kier molecular flexibility index (Phi) is 6.47. The molecule has 3 rings (SSSR count). The third kappa shape index (κ3) is 4.33. The predicted octanol–water partition coefficient (Wildman–Crippen LogP) is -0.0762. The van der Waals surface area contributed by atoms with Crippen LogP contribution in [0.2, 0.25) is 0 Å². The molecule has 0 aliphatic carbocycles. The lowest BCUT2D eigenvalue weighted by molar-refractivity contribution is -0.133. The van der Waals surface area contributed by atoms with Crippen LogP contribution >= 0.6 is 12.4 Å². The zero-order valence-electron chi connectivity index (χ0n) is 14.3. The fraction of sp³-hybridized carbons (Fsp3) is 0.733. The number of hydrogen-bond acceptors (Lipinski definition) is 5. The molecule has 0 radical (unpaired) electrons. The maximum absolute atomic E-state index is 13.1. The van der Waals surface area contributed by atoms with Gasteiger partial charge in [-0.2, -0.15) is 5.10 Å². The Balaban J connectivity index is 0.00000225. The van der Waals surface area contributed by atoms with Gasteiger partial charge in [0.2, 0.25) is 15.9 Å². The molecule has 1 atom stereocenters. The van der Waals surface area contributed by atoms with Gasteiger partial charge in [-0.25, -0.2) is 12.7 Å². The standard InChI is InChI=1S/C15H25N5O3S.ClH/c1-24(22,23)19-10-2-4-13(12-19)18-14(21)15(5-8-16-9-6-15)20-11-3-7-17-20;/h3,7,11,13,16H,2,4-6,8-10,12H2,1H3,(H,18,21);1H. The number of carbonyl (C=O) groups excluding carboxylic acids is 1. The minimum Gasteiger partial charge on any atom is -0.350 e. The highest BCUT2D eigenvalue weighted by molar-refractivity contribution is 7.88. The van der Waals surface area contributed by atoms with Crippen molar-refractivity contribution in [1.29, 1.82) is 0 Å². The van der Waals surface area contributed by atoms with Gasteiger partial charge in [-0.1, -0.05) is 0 Å². The molecule has 142 valence electrons. The quantitative estimate of drug-likeness (QED) is 0.748. The molecule has 1 aromatic rings. The molecular formula is C15H26ClN5O3S. The van der Waals surface area contributed by atoms with Crippen LogP contribution in [-0.4, -0.2) is 66.9 Å². The molecular weight excluding hydrogens is 366 g/mol. The number of nitrogens with one attached hydrogen (secondary N) is 2. The Morgan fingerprint density at radius 2 is 2.08 bits per heavy atom. The van der Waals surface area contributed by atoms with Crippen LogP contribution in [0.4, 0.5) is 0 Å². The van der Waals surface area contributed by atoms with Gasteiger partial charge in [0.15, 0.2) is 0 Å². The summed E-state index contributed by atoms with van der Waals surface area (Å²) in [6, 6.07) is 1.67. The first-order chi connectivity index (χ1) is 11.4. The molecule has 10 heteroatoms. The minimum atomic E-state index is -3.22. The van der Waals surface area contributed by atoms with Crippen molar-refractivity contribution in [3.05, 3.63) is 18.5 Å². The summed E-state index contributed by atoms with van der Waals surface area (Å²) in [5, 5.41) is 10.7. The third-order valence-corrected chi connectivity index (χ3v) is 6.25. The van der Waals surface area contributed by atoms with Crippen molar-refractivity contribution in [2.75, 3.05) is 32.4 Å². The van der Waals surface area contributed by atoms with Crippen LogP contribution in [0.15, 0.2) is 18.5 Å². The Hall–Kier alpha value is -1.16. The van der Waals surface area contributed by atoms with E-state index in [1.54, 1.807) is 10.9 Å². The number of amides is 1. The number of carbonyl (C=O) groups is 1. The summed E-state index contributed by atoms with van der Waals surface area (Å²) < 4.78 is 26.7. The SMILES string of the molecule is CS(=O)(=O)N1CCCC(NC(=O)C2(n3cccn3)CCNCC2)C1.Cl. The maximum atomic E-state index is 13.1. The lowest BCUT2D eigenvalue weighted by atomic mass is 9.87. The second-order valence-electron chi connectivity index (χ2n) is 6.67. The van der Waals surface area contributed by atoms with E-state index >= 15 is 0 Å². The van der Waals surface area contributed by atoms with E-state index in [-0.39, 0.29) is 24.4 Å². The molecule has 1 aromatic heterocycles. The molecule has 0 bridgehead atoms. The molecule has 2 aliphatic rings. The summed E-state index contributed by atoms with van der Waals surface area (Å²) >= 11 is 0. The number of sulfonamides is 1. The Morgan fingerprint density at radius 3 is 2.68 bits per heavy atom. The van der Waals surface area contributed by atoms with Crippen molar-refractivity contribution < 1.29 is 13.2 Å². The van der Waals surface area contributed by atoms with Crippen molar-refractivity contribution >= 4 is 28.3 Å².